The molecule has 0 saturated heterocycles. The van der Waals surface area contributed by atoms with Gasteiger partial charge in [-0.3, -0.25) is 0 Å². The van der Waals surface area contributed by atoms with Gasteiger partial charge in [0, 0.05) is 18.6 Å². The van der Waals surface area contributed by atoms with E-state index in [4.69, 9.17) is 11.6 Å². The van der Waals surface area contributed by atoms with Gasteiger partial charge < -0.3 is 4.90 Å². The smallest absolute Gasteiger partial charge is 0.101 e. The molecule has 102 valence electrons. The lowest BCUT2D eigenvalue weighted by molar-refractivity contribution is 1.13. The molecule has 0 bridgehead atoms. The zero-order valence-electron chi connectivity index (χ0n) is 11.7. The van der Waals surface area contributed by atoms with E-state index in [1.165, 1.54) is 5.56 Å². The third-order valence-electron chi connectivity index (χ3n) is 3.43. The van der Waals surface area contributed by atoms with Gasteiger partial charge in [-0.15, -0.1) is 11.6 Å². The zero-order valence-corrected chi connectivity index (χ0v) is 12.5. The van der Waals surface area contributed by atoms with Crippen molar-refractivity contribution in [3.05, 3.63) is 59.2 Å². The quantitative estimate of drug-likeness (QED) is 0.766. The lowest BCUT2D eigenvalue weighted by atomic mass is 10.1. The number of nitriles is 1. The first kappa shape index (κ1) is 14.4. The Balaban J connectivity index is 2.37. The summed E-state index contributed by atoms with van der Waals surface area (Å²) in [5, 5.41) is 9.30. The first-order valence-corrected chi connectivity index (χ1v) is 7.14. The Morgan fingerprint density at radius 1 is 1.10 bits per heavy atom. The van der Waals surface area contributed by atoms with Crippen LogP contribution in [0.2, 0.25) is 0 Å². The van der Waals surface area contributed by atoms with E-state index in [1.807, 2.05) is 30.1 Å². The van der Waals surface area contributed by atoms with Crippen molar-refractivity contribution in [2.24, 2.45) is 0 Å². The molecule has 3 heteroatoms. The van der Waals surface area contributed by atoms with Crippen LogP contribution >= 0.6 is 11.6 Å². The van der Waals surface area contributed by atoms with Crippen LogP contribution in [0.3, 0.4) is 0 Å². The number of aryl methyl sites for hydroxylation is 1. The molecule has 0 atom stereocenters. The summed E-state index contributed by atoms with van der Waals surface area (Å²) in [6.45, 7) is 2.14. The number of alkyl halides is 1. The van der Waals surface area contributed by atoms with Crippen molar-refractivity contribution in [3.63, 3.8) is 0 Å². The molecular formula is C17H17ClN2. The Kier molecular flexibility index (Phi) is 4.65. The highest BCUT2D eigenvalue weighted by Crippen LogP contribution is 2.28. The predicted octanol–water partition coefficient (Wildman–Crippen LogP) is 4.63. The highest BCUT2D eigenvalue weighted by molar-refractivity contribution is 6.17. The van der Waals surface area contributed by atoms with E-state index >= 15 is 0 Å². The second-order valence-corrected chi connectivity index (χ2v) is 4.94. The molecule has 2 nitrogen and oxygen atoms in total. The molecule has 20 heavy (non-hydrogen) atoms. The van der Waals surface area contributed by atoms with E-state index in [1.54, 1.807) is 0 Å². The Morgan fingerprint density at radius 3 is 2.30 bits per heavy atom. The number of halogens is 1. The molecule has 0 aromatic heterocycles. The number of nitrogens with zero attached hydrogens (tertiary/aromatic N) is 2. The van der Waals surface area contributed by atoms with Crippen LogP contribution in [0.1, 0.15) is 23.6 Å². The van der Waals surface area contributed by atoms with Gasteiger partial charge in [0.2, 0.25) is 0 Å². The minimum atomic E-state index is 0.421. The van der Waals surface area contributed by atoms with Crippen LogP contribution in [0.15, 0.2) is 42.5 Å². The molecule has 0 aliphatic rings. The first-order valence-electron chi connectivity index (χ1n) is 6.61. The SMILES string of the molecule is CCc1ccc(N(C)c2ccc(CCl)cc2C#N)cc1. The number of hydrogen-bond donors (Lipinski definition) is 0. The van der Waals surface area contributed by atoms with Gasteiger partial charge in [0.15, 0.2) is 0 Å². The molecular weight excluding hydrogens is 268 g/mol. The van der Waals surface area contributed by atoms with Gasteiger partial charge >= 0.3 is 0 Å². The summed E-state index contributed by atoms with van der Waals surface area (Å²) in [7, 11) is 1.97. The maximum absolute atomic E-state index is 9.30. The van der Waals surface area contributed by atoms with Crippen LogP contribution in [-0.2, 0) is 12.3 Å². The molecule has 0 amide bonds. The third kappa shape index (κ3) is 2.95. The Labute approximate surface area is 125 Å². The molecule has 2 aromatic carbocycles. The summed E-state index contributed by atoms with van der Waals surface area (Å²) in [6, 6.07) is 16.4. The molecule has 0 spiro atoms. The Hall–Kier alpha value is -1.98. The number of hydrogen-bond acceptors (Lipinski definition) is 2. The molecule has 0 N–H and O–H groups in total. The highest BCUT2D eigenvalue weighted by Gasteiger charge is 2.10. The molecule has 0 aliphatic heterocycles. The third-order valence-corrected chi connectivity index (χ3v) is 3.74. The summed E-state index contributed by atoms with van der Waals surface area (Å²) in [5.41, 5.74) is 4.87. The molecule has 0 heterocycles. The van der Waals surface area contributed by atoms with Crippen LogP contribution in [-0.4, -0.2) is 7.05 Å². The normalized spacial score (nSPS) is 10.1. The van der Waals surface area contributed by atoms with Gasteiger partial charge in [0.05, 0.1) is 11.3 Å². The van der Waals surface area contributed by atoms with Crippen LogP contribution in [0.4, 0.5) is 11.4 Å². The van der Waals surface area contributed by atoms with Crippen molar-refractivity contribution in [3.8, 4) is 6.07 Å². The molecule has 2 aromatic rings. The van der Waals surface area contributed by atoms with E-state index in [0.717, 1.165) is 23.4 Å². The Morgan fingerprint density at radius 2 is 1.75 bits per heavy atom. The van der Waals surface area contributed by atoms with Crippen molar-refractivity contribution in [2.45, 2.75) is 19.2 Å². The first-order chi connectivity index (χ1) is 9.69. The standard InChI is InChI=1S/C17H17ClN2/c1-3-13-4-7-16(8-5-13)20(2)17-9-6-14(11-18)10-15(17)12-19/h4-10H,3,11H2,1-2H3. The van der Waals surface area contributed by atoms with E-state index in [2.05, 4.69) is 37.3 Å². The van der Waals surface area contributed by atoms with Gasteiger partial charge in [0.25, 0.3) is 0 Å². The largest absolute Gasteiger partial charge is 0.344 e. The summed E-state index contributed by atoms with van der Waals surface area (Å²) in [6.07, 6.45) is 1.03. The van der Waals surface area contributed by atoms with Crippen LogP contribution < -0.4 is 4.90 Å². The summed E-state index contributed by atoms with van der Waals surface area (Å²) < 4.78 is 0. The average Bonchev–Trinajstić information content (AvgIpc) is 2.53. The van der Waals surface area contributed by atoms with Gasteiger partial charge in [-0.05, 0) is 41.8 Å². The maximum Gasteiger partial charge on any atom is 0.101 e. The van der Waals surface area contributed by atoms with Crippen molar-refractivity contribution in [1.82, 2.24) is 0 Å². The van der Waals surface area contributed by atoms with Gasteiger partial charge in [-0.1, -0.05) is 25.1 Å². The van der Waals surface area contributed by atoms with Crippen molar-refractivity contribution in [1.29, 1.82) is 5.26 Å². The predicted molar refractivity (Wildman–Crippen MR) is 84.6 cm³/mol. The Bertz CT molecular complexity index is 626. The van der Waals surface area contributed by atoms with E-state index in [0.29, 0.717) is 11.4 Å². The topological polar surface area (TPSA) is 27.0 Å². The van der Waals surface area contributed by atoms with Crippen molar-refractivity contribution in [2.75, 3.05) is 11.9 Å². The second kappa shape index (κ2) is 6.45. The van der Waals surface area contributed by atoms with E-state index < -0.39 is 0 Å². The van der Waals surface area contributed by atoms with Gasteiger partial charge in [0.1, 0.15) is 6.07 Å². The number of benzene rings is 2. The highest BCUT2D eigenvalue weighted by atomic mass is 35.5. The second-order valence-electron chi connectivity index (χ2n) is 4.68. The van der Waals surface area contributed by atoms with Gasteiger partial charge in [-0.25, -0.2) is 0 Å². The lowest BCUT2D eigenvalue weighted by Gasteiger charge is -2.21. The number of rotatable bonds is 4. The minimum absolute atomic E-state index is 0.421. The molecule has 0 aliphatic carbocycles. The van der Waals surface area contributed by atoms with Crippen molar-refractivity contribution >= 4 is 23.0 Å². The van der Waals surface area contributed by atoms with Crippen LogP contribution in [0, 0.1) is 11.3 Å². The summed E-state index contributed by atoms with van der Waals surface area (Å²) in [4.78, 5) is 2.02. The fraction of sp³-hybridized carbons (Fsp3) is 0.235. The number of anilines is 2. The lowest BCUT2D eigenvalue weighted by Crippen LogP contribution is -2.11. The molecule has 2 rings (SSSR count). The monoisotopic (exact) mass is 284 g/mol. The fourth-order valence-electron chi connectivity index (χ4n) is 2.14. The zero-order chi connectivity index (χ0) is 14.5. The molecule has 0 saturated carbocycles. The van der Waals surface area contributed by atoms with E-state index in [-0.39, 0.29) is 0 Å². The summed E-state index contributed by atoms with van der Waals surface area (Å²) >= 11 is 5.82. The van der Waals surface area contributed by atoms with Crippen LogP contribution in [0.5, 0.6) is 0 Å². The summed E-state index contributed by atoms with van der Waals surface area (Å²) in [5.74, 6) is 0.421. The van der Waals surface area contributed by atoms with E-state index in [9.17, 15) is 5.26 Å². The maximum atomic E-state index is 9.30. The minimum Gasteiger partial charge on any atom is -0.344 e. The fourth-order valence-corrected chi connectivity index (χ4v) is 2.31. The van der Waals surface area contributed by atoms with Crippen molar-refractivity contribution < 1.29 is 0 Å². The molecule has 0 radical (unpaired) electrons. The van der Waals surface area contributed by atoms with Gasteiger partial charge in [-0.2, -0.15) is 5.26 Å². The average molecular weight is 285 g/mol. The molecule has 0 fully saturated rings. The van der Waals surface area contributed by atoms with Crippen LogP contribution in [0.25, 0.3) is 0 Å². The molecule has 0 unspecified atom stereocenters.